The Kier molecular flexibility index (Phi) is 6.36. The number of carbonyl (C=O) groups is 1. The summed E-state index contributed by atoms with van der Waals surface area (Å²) in [6, 6.07) is 4.06. The summed E-state index contributed by atoms with van der Waals surface area (Å²) in [6.07, 6.45) is 5.19. The van der Waals surface area contributed by atoms with Crippen molar-refractivity contribution in [1.29, 1.82) is 0 Å². The number of furan rings is 1. The number of anilines is 1. The van der Waals surface area contributed by atoms with Gasteiger partial charge in [-0.05, 0) is 30.4 Å². The molecule has 1 fully saturated rings. The second-order valence-electron chi connectivity index (χ2n) is 6.54. The van der Waals surface area contributed by atoms with Gasteiger partial charge in [-0.1, -0.05) is 49.8 Å². The van der Waals surface area contributed by atoms with Crippen LogP contribution < -0.4 is 10.6 Å². The monoisotopic (exact) mass is 380 g/mol. The molecule has 8 heteroatoms. The van der Waals surface area contributed by atoms with Gasteiger partial charge in [0.05, 0.1) is 18.6 Å². The van der Waals surface area contributed by atoms with E-state index in [1.165, 1.54) is 35.9 Å². The summed E-state index contributed by atoms with van der Waals surface area (Å²) in [5.41, 5.74) is 0. The lowest BCUT2D eigenvalue weighted by Gasteiger charge is -2.34. The van der Waals surface area contributed by atoms with Gasteiger partial charge >= 0.3 is 0 Å². The molecule has 0 unspecified atom stereocenters. The van der Waals surface area contributed by atoms with Crippen molar-refractivity contribution in [2.75, 3.05) is 11.1 Å². The molecule has 1 saturated carbocycles. The number of hydrogen-bond donors (Lipinski definition) is 2. The van der Waals surface area contributed by atoms with Gasteiger partial charge in [-0.15, -0.1) is 10.2 Å². The molecule has 0 spiro atoms. The Morgan fingerprint density at radius 1 is 1.40 bits per heavy atom. The van der Waals surface area contributed by atoms with Crippen LogP contribution in [-0.4, -0.2) is 27.9 Å². The van der Waals surface area contributed by atoms with Gasteiger partial charge in [0, 0.05) is 6.04 Å². The number of nitrogens with zero attached hydrogens (tertiary/aromatic N) is 2. The first kappa shape index (κ1) is 18.3. The molecule has 136 valence electrons. The minimum absolute atomic E-state index is 0.0799. The van der Waals surface area contributed by atoms with E-state index in [9.17, 15) is 4.79 Å². The summed E-state index contributed by atoms with van der Waals surface area (Å²) in [4.78, 5) is 12.2. The highest BCUT2D eigenvalue weighted by Gasteiger charge is 2.28. The Morgan fingerprint density at radius 3 is 3.08 bits per heavy atom. The number of carbonyl (C=O) groups excluding carboxylic acids is 1. The molecule has 1 aliphatic carbocycles. The van der Waals surface area contributed by atoms with Crippen LogP contribution in [0.2, 0.25) is 0 Å². The van der Waals surface area contributed by atoms with Gasteiger partial charge in [0.1, 0.15) is 5.76 Å². The normalized spacial score (nSPS) is 23.4. The Bertz CT molecular complexity index is 674. The summed E-state index contributed by atoms with van der Waals surface area (Å²) in [6.45, 7) is 5.09. The molecule has 0 aromatic carbocycles. The highest BCUT2D eigenvalue weighted by molar-refractivity contribution is 8.01. The lowest BCUT2D eigenvalue weighted by atomic mass is 9.78. The lowest BCUT2D eigenvalue weighted by molar-refractivity contribution is -0.119. The van der Waals surface area contributed by atoms with Crippen LogP contribution in [0.25, 0.3) is 0 Å². The van der Waals surface area contributed by atoms with E-state index in [0.717, 1.165) is 21.7 Å². The molecule has 2 aromatic heterocycles. The van der Waals surface area contributed by atoms with E-state index in [0.29, 0.717) is 30.2 Å². The van der Waals surface area contributed by atoms with E-state index < -0.39 is 0 Å². The highest BCUT2D eigenvalue weighted by atomic mass is 32.2. The number of amides is 1. The van der Waals surface area contributed by atoms with E-state index in [4.69, 9.17) is 4.42 Å². The van der Waals surface area contributed by atoms with Gasteiger partial charge in [-0.3, -0.25) is 4.79 Å². The molecule has 1 aliphatic rings. The van der Waals surface area contributed by atoms with Crippen molar-refractivity contribution in [2.24, 2.45) is 11.8 Å². The van der Waals surface area contributed by atoms with E-state index in [-0.39, 0.29) is 5.91 Å². The molecule has 3 atom stereocenters. The third-order valence-electron chi connectivity index (χ3n) is 4.78. The molecule has 0 bridgehead atoms. The van der Waals surface area contributed by atoms with Crippen molar-refractivity contribution in [3.63, 3.8) is 0 Å². The predicted molar refractivity (Wildman–Crippen MR) is 101 cm³/mol. The Labute approximate surface area is 156 Å². The molecule has 2 N–H and O–H groups in total. The van der Waals surface area contributed by atoms with E-state index in [1.807, 2.05) is 12.1 Å². The molecular weight excluding hydrogens is 356 g/mol. The minimum Gasteiger partial charge on any atom is -0.467 e. The van der Waals surface area contributed by atoms with Gasteiger partial charge in [-0.25, -0.2) is 0 Å². The highest BCUT2D eigenvalue weighted by Crippen LogP contribution is 2.30. The van der Waals surface area contributed by atoms with E-state index in [2.05, 4.69) is 34.7 Å². The van der Waals surface area contributed by atoms with Crippen LogP contribution >= 0.6 is 23.1 Å². The van der Waals surface area contributed by atoms with Crippen molar-refractivity contribution in [2.45, 2.75) is 50.0 Å². The molecule has 2 aromatic rings. The standard InChI is InChI=1S/C17H24N4O2S2/c1-11-5-3-7-14(12(11)2)19-15(22)10-24-17-21-20-16(25-17)18-9-13-6-4-8-23-13/h4,6,8,11-12,14H,3,5,7,9-10H2,1-2H3,(H,18,20)(H,19,22)/t11-,12-,14-/m1/s1. The summed E-state index contributed by atoms with van der Waals surface area (Å²) < 4.78 is 6.06. The topological polar surface area (TPSA) is 80.0 Å². The average molecular weight is 381 g/mol. The minimum atomic E-state index is 0.0799. The fourth-order valence-corrected chi connectivity index (χ4v) is 4.64. The zero-order valence-electron chi connectivity index (χ0n) is 14.5. The van der Waals surface area contributed by atoms with Crippen LogP contribution in [0.4, 0.5) is 5.13 Å². The van der Waals surface area contributed by atoms with Crippen molar-refractivity contribution in [3.05, 3.63) is 24.2 Å². The van der Waals surface area contributed by atoms with Crippen molar-refractivity contribution in [3.8, 4) is 0 Å². The van der Waals surface area contributed by atoms with Crippen LogP contribution in [0.5, 0.6) is 0 Å². The van der Waals surface area contributed by atoms with Crippen LogP contribution in [-0.2, 0) is 11.3 Å². The molecule has 0 radical (unpaired) electrons. The predicted octanol–water partition coefficient (Wildman–Crippen LogP) is 3.78. The zero-order valence-corrected chi connectivity index (χ0v) is 16.2. The van der Waals surface area contributed by atoms with Crippen molar-refractivity contribution in [1.82, 2.24) is 15.5 Å². The average Bonchev–Trinajstić information content (AvgIpc) is 3.27. The quantitative estimate of drug-likeness (QED) is 0.712. The van der Waals surface area contributed by atoms with Gasteiger partial charge in [0.2, 0.25) is 11.0 Å². The number of thioether (sulfide) groups is 1. The second-order valence-corrected chi connectivity index (χ2v) is 8.74. The molecule has 25 heavy (non-hydrogen) atoms. The SMILES string of the molecule is C[C@@H]1[C@H](C)CCC[C@H]1NC(=O)CSc1nnc(NCc2ccco2)s1. The first-order valence-corrected chi connectivity index (χ1v) is 10.4. The number of hydrogen-bond acceptors (Lipinski definition) is 7. The van der Waals surface area contributed by atoms with Crippen LogP contribution in [0.3, 0.4) is 0 Å². The second kappa shape index (κ2) is 8.71. The maximum atomic E-state index is 12.2. The third kappa shape index (κ3) is 5.22. The first-order chi connectivity index (χ1) is 12.1. The maximum Gasteiger partial charge on any atom is 0.230 e. The lowest BCUT2D eigenvalue weighted by Crippen LogP contribution is -2.44. The van der Waals surface area contributed by atoms with Crippen LogP contribution in [0.15, 0.2) is 27.2 Å². The Balaban J connectivity index is 1.41. The van der Waals surface area contributed by atoms with Crippen LogP contribution in [0, 0.1) is 11.8 Å². The maximum absolute atomic E-state index is 12.2. The third-order valence-corrected chi connectivity index (χ3v) is 6.79. The molecule has 1 amide bonds. The molecule has 0 saturated heterocycles. The molecule has 3 rings (SSSR count). The smallest absolute Gasteiger partial charge is 0.230 e. The summed E-state index contributed by atoms with van der Waals surface area (Å²) in [5.74, 6) is 2.53. The molecular formula is C17H24N4O2S2. The number of rotatable bonds is 7. The van der Waals surface area contributed by atoms with Crippen LogP contribution in [0.1, 0.15) is 38.9 Å². The number of aromatic nitrogens is 2. The van der Waals surface area contributed by atoms with Gasteiger partial charge < -0.3 is 15.1 Å². The fraction of sp³-hybridized carbons (Fsp3) is 0.588. The Morgan fingerprint density at radius 2 is 2.28 bits per heavy atom. The van der Waals surface area contributed by atoms with Gasteiger partial charge in [0.25, 0.3) is 0 Å². The Hall–Kier alpha value is -1.54. The summed E-state index contributed by atoms with van der Waals surface area (Å²) >= 11 is 2.88. The zero-order chi connectivity index (χ0) is 17.6. The van der Waals surface area contributed by atoms with E-state index >= 15 is 0 Å². The fourth-order valence-electron chi connectivity index (χ4n) is 3.08. The summed E-state index contributed by atoms with van der Waals surface area (Å²) in [5, 5.41) is 15.3. The largest absolute Gasteiger partial charge is 0.467 e. The van der Waals surface area contributed by atoms with Gasteiger partial charge in [-0.2, -0.15) is 0 Å². The molecule has 2 heterocycles. The van der Waals surface area contributed by atoms with Crippen molar-refractivity contribution < 1.29 is 9.21 Å². The number of nitrogens with one attached hydrogen (secondary N) is 2. The van der Waals surface area contributed by atoms with E-state index in [1.54, 1.807) is 6.26 Å². The first-order valence-electron chi connectivity index (χ1n) is 8.63. The van der Waals surface area contributed by atoms with Crippen molar-refractivity contribution >= 4 is 34.1 Å². The molecule has 0 aliphatic heterocycles. The summed E-state index contributed by atoms with van der Waals surface area (Å²) in [7, 11) is 0. The molecule has 6 nitrogen and oxygen atoms in total. The van der Waals surface area contributed by atoms with Gasteiger partial charge in [0.15, 0.2) is 4.34 Å².